The lowest BCUT2D eigenvalue weighted by Gasteiger charge is -2.10. The fraction of sp³-hybridized carbons (Fsp3) is 0.357. The minimum absolute atomic E-state index is 0.110. The maximum atomic E-state index is 12.1. The highest BCUT2D eigenvalue weighted by molar-refractivity contribution is 6.07. The standard InChI is InChI=1S/C14H19N3O2/c1-9(4-5-18)7-17-14(19)12-8-16-13-6-10(15)2-3-11(12)13/h2-3,6,8-9,16,18H,4-5,7,15H2,1H3,(H,17,19). The Balaban J connectivity index is 2.09. The summed E-state index contributed by atoms with van der Waals surface area (Å²) in [7, 11) is 0. The zero-order valence-electron chi connectivity index (χ0n) is 10.9. The Hall–Kier alpha value is -2.01. The molecular weight excluding hydrogens is 242 g/mol. The average molecular weight is 261 g/mol. The van der Waals surface area contributed by atoms with Gasteiger partial charge in [-0.15, -0.1) is 0 Å². The molecule has 1 amide bonds. The predicted octanol–water partition coefficient (Wildman–Crippen LogP) is 1.50. The van der Waals surface area contributed by atoms with E-state index < -0.39 is 0 Å². The summed E-state index contributed by atoms with van der Waals surface area (Å²) in [5.74, 6) is 0.149. The molecule has 1 atom stereocenters. The van der Waals surface area contributed by atoms with Gasteiger partial charge in [-0.25, -0.2) is 0 Å². The fourth-order valence-electron chi connectivity index (χ4n) is 2.02. The molecule has 2 rings (SSSR count). The van der Waals surface area contributed by atoms with Crippen LogP contribution in [0.25, 0.3) is 10.9 Å². The summed E-state index contributed by atoms with van der Waals surface area (Å²) < 4.78 is 0. The van der Waals surface area contributed by atoms with E-state index in [-0.39, 0.29) is 18.4 Å². The molecule has 0 saturated carbocycles. The summed E-state index contributed by atoms with van der Waals surface area (Å²) in [6, 6.07) is 5.43. The lowest BCUT2D eigenvalue weighted by Crippen LogP contribution is -2.28. The highest BCUT2D eigenvalue weighted by Crippen LogP contribution is 2.20. The van der Waals surface area contributed by atoms with Crippen LogP contribution >= 0.6 is 0 Å². The zero-order valence-corrected chi connectivity index (χ0v) is 10.9. The molecule has 0 bridgehead atoms. The number of aromatic nitrogens is 1. The van der Waals surface area contributed by atoms with E-state index in [1.165, 1.54) is 0 Å². The fourth-order valence-corrected chi connectivity index (χ4v) is 2.02. The SMILES string of the molecule is CC(CCO)CNC(=O)c1c[nH]c2cc(N)ccc12. The molecule has 19 heavy (non-hydrogen) atoms. The maximum absolute atomic E-state index is 12.1. The Morgan fingerprint density at radius 2 is 2.32 bits per heavy atom. The lowest BCUT2D eigenvalue weighted by atomic mass is 10.1. The van der Waals surface area contributed by atoms with Gasteiger partial charge in [0.1, 0.15) is 0 Å². The summed E-state index contributed by atoms with van der Waals surface area (Å²) in [6.07, 6.45) is 2.38. The van der Waals surface area contributed by atoms with Crippen LogP contribution in [0.2, 0.25) is 0 Å². The van der Waals surface area contributed by atoms with E-state index in [9.17, 15) is 4.79 Å². The molecule has 0 fully saturated rings. The molecule has 5 N–H and O–H groups in total. The number of aliphatic hydroxyl groups is 1. The highest BCUT2D eigenvalue weighted by Gasteiger charge is 2.12. The summed E-state index contributed by atoms with van der Waals surface area (Å²) in [5.41, 5.74) is 7.83. The molecule has 1 aromatic carbocycles. The van der Waals surface area contributed by atoms with Crippen LogP contribution in [0.5, 0.6) is 0 Å². The van der Waals surface area contributed by atoms with Crippen molar-refractivity contribution in [3.63, 3.8) is 0 Å². The van der Waals surface area contributed by atoms with Gasteiger partial charge in [-0.2, -0.15) is 0 Å². The topological polar surface area (TPSA) is 91.1 Å². The maximum Gasteiger partial charge on any atom is 0.253 e. The van der Waals surface area contributed by atoms with Gasteiger partial charge in [0, 0.05) is 35.9 Å². The number of nitrogens with two attached hydrogens (primary N) is 1. The van der Waals surface area contributed by atoms with E-state index in [1.54, 1.807) is 18.3 Å². The molecule has 0 aliphatic heterocycles. The van der Waals surface area contributed by atoms with Crippen molar-refractivity contribution in [3.05, 3.63) is 30.0 Å². The average Bonchev–Trinajstić information content (AvgIpc) is 2.79. The molecule has 0 saturated heterocycles. The Morgan fingerprint density at radius 3 is 3.05 bits per heavy atom. The van der Waals surface area contributed by atoms with Crippen LogP contribution in [0.4, 0.5) is 5.69 Å². The van der Waals surface area contributed by atoms with E-state index >= 15 is 0 Å². The smallest absolute Gasteiger partial charge is 0.253 e. The Morgan fingerprint density at radius 1 is 1.53 bits per heavy atom. The number of nitrogens with one attached hydrogen (secondary N) is 2. The van der Waals surface area contributed by atoms with E-state index in [1.807, 2.05) is 13.0 Å². The monoisotopic (exact) mass is 261 g/mol. The van der Waals surface area contributed by atoms with E-state index in [4.69, 9.17) is 10.8 Å². The first-order valence-electron chi connectivity index (χ1n) is 6.37. The van der Waals surface area contributed by atoms with Crippen LogP contribution in [0.3, 0.4) is 0 Å². The number of nitrogen functional groups attached to an aromatic ring is 1. The lowest BCUT2D eigenvalue weighted by molar-refractivity contribution is 0.0947. The number of rotatable bonds is 5. The van der Waals surface area contributed by atoms with E-state index in [2.05, 4.69) is 10.3 Å². The second-order valence-corrected chi connectivity index (χ2v) is 4.83. The first-order valence-corrected chi connectivity index (χ1v) is 6.37. The van der Waals surface area contributed by atoms with E-state index in [0.29, 0.717) is 24.2 Å². The number of aromatic amines is 1. The molecule has 0 radical (unpaired) electrons. The van der Waals surface area contributed by atoms with Gasteiger partial charge in [-0.05, 0) is 30.5 Å². The Bertz CT molecular complexity index is 577. The van der Waals surface area contributed by atoms with Crippen LogP contribution in [0.15, 0.2) is 24.4 Å². The third kappa shape index (κ3) is 3.06. The molecule has 5 nitrogen and oxygen atoms in total. The van der Waals surface area contributed by atoms with Gasteiger partial charge in [0.05, 0.1) is 5.56 Å². The van der Waals surface area contributed by atoms with Crippen molar-refractivity contribution in [2.24, 2.45) is 5.92 Å². The Kier molecular flexibility index (Phi) is 4.06. The largest absolute Gasteiger partial charge is 0.399 e. The van der Waals surface area contributed by atoms with Gasteiger partial charge in [0.15, 0.2) is 0 Å². The van der Waals surface area contributed by atoms with E-state index in [0.717, 1.165) is 10.9 Å². The summed E-state index contributed by atoms with van der Waals surface area (Å²) in [4.78, 5) is 15.1. The van der Waals surface area contributed by atoms with Gasteiger partial charge >= 0.3 is 0 Å². The number of hydrogen-bond acceptors (Lipinski definition) is 3. The third-order valence-electron chi connectivity index (χ3n) is 3.18. The number of amides is 1. The molecule has 2 aromatic rings. The molecule has 1 heterocycles. The zero-order chi connectivity index (χ0) is 13.8. The van der Waals surface area contributed by atoms with Crippen LogP contribution in [-0.2, 0) is 0 Å². The molecule has 1 aromatic heterocycles. The molecule has 0 spiro atoms. The number of anilines is 1. The second kappa shape index (κ2) is 5.75. The number of aliphatic hydroxyl groups excluding tert-OH is 1. The number of benzene rings is 1. The minimum atomic E-state index is -0.110. The first-order chi connectivity index (χ1) is 9.11. The number of carbonyl (C=O) groups excluding carboxylic acids is 1. The van der Waals surface area contributed by atoms with Crippen LogP contribution in [0.1, 0.15) is 23.7 Å². The summed E-state index contributed by atoms with van der Waals surface area (Å²) in [5, 5.41) is 12.6. The van der Waals surface area contributed by atoms with Crippen molar-refractivity contribution < 1.29 is 9.90 Å². The molecule has 0 aliphatic carbocycles. The van der Waals surface area contributed by atoms with Crippen molar-refractivity contribution in [2.75, 3.05) is 18.9 Å². The van der Waals surface area contributed by atoms with Gasteiger partial charge in [-0.3, -0.25) is 4.79 Å². The molecule has 0 aliphatic rings. The molecule has 1 unspecified atom stereocenters. The van der Waals surface area contributed by atoms with Gasteiger partial charge in [0.2, 0.25) is 0 Å². The molecule has 5 heteroatoms. The van der Waals surface area contributed by atoms with Crippen LogP contribution in [0, 0.1) is 5.92 Å². The second-order valence-electron chi connectivity index (χ2n) is 4.83. The molecular formula is C14H19N3O2. The van der Waals surface area contributed by atoms with Crippen molar-refractivity contribution in [1.82, 2.24) is 10.3 Å². The molecule has 102 valence electrons. The number of hydrogen-bond donors (Lipinski definition) is 4. The quantitative estimate of drug-likeness (QED) is 0.615. The van der Waals surface area contributed by atoms with Gasteiger partial charge in [0.25, 0.3) is 5.91 Å². The van der Waals surface area contributed by atoms with Crippen molar-refractivity contribution in [3.8, 4) is 0 Å². The third-order valence-corrected chi connectivity index (χ3v) is 3.18. The predicted molar refractivity (Wildman–Crippen MR) is 75.9 cm³/mol. The highest BCUT2D eigenvalue weighted by atomic mass is 16.3. The van der Waals surface area contributed by atoms with Crippen molar-refractivity contribution >= 4 is 22.5 Å². The summed E-state index contributed by atoms with van der Waals surface area (Å²) >= 11 is 0. The van der Waals surface area contributed by atoms with Crippen molar-refractivity contribution in [2.45, 2.75) is 13.3 Å². The van der Waals surface area contributed by atoms with Crippen LogP contribution in [-0.4, -0.2) is 29.1 Å². The van der Waals surface area contributed by atoms with Crippen LogP contribution < -0.4 is 11.1 Å². The van der Waals surface area contributed by atoms with Crippen molar-refractivity contribution in [1.29, 1.82) is 0 Å². The Labute approximate surface area is 111 Å². The van der Waals surface area contributed by atoms with Gasteiger partial charge < -0.3 is 21.1 Å². The number of carbonyl (C=O) groups is 1. The number of fused-ring (bicyclic) bond motifs is 1. The summed E-state index contributed by atoms with van der Waals surface area (Å²) in [6.45, 7) is 2.69. The minimum Gasteiger partial charge on any atom is -0.399 e. The van der Waals surface area contributed by atoms with Gasteiger partial charge in [-0.1, -0.05) is 6.92 Å². The normalized spacial score (nSPS) is 12.5. The first kappa shape index (κ1) is 13.4. The number of H-pyrrole nitrogens is 1.